The van der Waals surface area contributed by atoms with Crippen molar-refractivity contribution in [3.05, 3.63) is 29.8 Å². The van der Waals surface area contributed by atoms with E-state index in [1.165, 1.54) is 26.0 Å². The van der Waals surface area contributed by atoms with E-state index in [0.717, 1.165) is 5.56 Å². The first kappa shape index (κ1) is 24.6. The molecular weight excluding hydrogens is 398 g/mol. The van der Waals surface area contributed by atoms with E-state index < -0.39 is 30.0 Å². The van der Waals surface area contributed by atoms with Gasteiger partial charge in [0, 0.05) is 12.2 Å². The number of aliphatic carboxylic acids is 1. The zero-order valence-electron chi connectivity index (χ0n) is 16.3. The summed E-state index contributed by atoms with van der Waals surface area (Å²) in [5, 5.41) is 20.8. The lowest BCUT2D eigenvalue weighted by molar-refractivity contribution is -0.137. The number of thiol groups is 1. The molecule has 9 nitrogen and oxygen atoms in total. The highest BCUT2D eigenvalue weighted by atomic mass is 32.1. The summed E-state index contributed by atoms with van der Waals surface area (Å²) in [5.41, 5.74) is 6.30. The largest absolute Gasteiger partial charge is 0.508 e. The number of nitrogens with one attached hydrogen (secondary N) is 3. The molecule has 0 saturated heterocycles. The van der Waals surface area contributed by atoms with Gasteiger partial charge in [-0.1, -0.05) is 12.1 Å². The molecule has 0 spiro atoms. The highest BCUT2D eigenvalue weighted by molar-refractivity contribution is 7.80. The number of hydrazine groups is 1. The molecule has 160 valence electrons. The SMILES string of the molecule is CC(=O)[C@H](CS)NN[C@@H](Cc1ccc(O)cc1)C(=O)N[C@@H](CCC(=O)O)C(C)=O. The molecule has 1 aromatic rings. The van der Waals surface area contributed by atoms with Crippen molar-refractivity contribution in [2.45, 2.75) is 51.2 Å². The molecular formula is C19H27N3O6S. The molecule has 29 heavy (non-hydrogen) atoms. The highest BCUT2D eigenvalue weighted by Crippen LogP contribution is 2.12. The number of carboxylic acid groups (broad SMARTS) is 1. The minimum Gasteiger partial charge on any atom is -0.508 e. The molecule has 1 rings (SSSR count). The molecule has 0 saturated carbocycles. The number of carboxylic acids is 1. The average Bonchev–Trinajstić information content (AvgIpc) is 2.65. The van der Waals surface area contributed by atoms with Crippen LogP contribution in [-0.2, 0) is 25.6 Å². The van der Waals surface area contributed by atoms with Crippen molar-refractivity contribution in [3.8, 4) is 5.75 Å². The number of carbonyl (C=O) groups excluding carboxylic acids is 3. The second-order valence-electron chi connectivity index (χ2n) is 6.66. The predicted octanol–water partition coefficient (Wildman–Crippen LogP) is 0.223. The van der Waals surface area contributed by atoms with Gasteiger partial charge in [0.1, 0.15) is 17.6 Å². The smallest absolute Gasteiger partial charge is 0.303 e. The molecule has 0 bridgehead atoms. The van der Waals surface area contributed by atoms with E-state index in [1.54, 1.807) is 12.1 Å². The first-order valence-corrected chi connectivity index (χ1v) is 9.70. The van der Waals surface area contributed by atoms with Gasteiger partial charge in [-0.15, -0.1) is 0 Å². The minimum absolute atomic E-state index is 0.0253. The van der Waals surface area contributed by atoms with Crippen LogP contribution in [0.15, 0.2) is 24.3 Å². The third kappa shape index (κ3) is 9.07. The molecule has 10 heteroatoms. The maximum absolute atomic E-state index is 12.8. The van der Waals surface area contributed by atoms with Gasteiger partial charge in [-0.25, -0.2) is 10.9 Å². The van der Waals surface area contributed by atoms with Gasteiger partial charge in [-0.3, -0.25) is 19.2 Å². The number of hydrogen-bond acceptors (Lipinski definition) is 8. The number of amides is 1. The number of Topliss-reactive ketones (excluding diaryl/α,β-unsaturated/α-hetero) is 2. The van der Waals surface area contributed by atoms with Crippen LogP contribution in [0.25, 0.3) is 0 Å². The summed E-state index contributed by atoms with van der Waals surface area (Å²) in [4.78, 5) is 46.9. The summed E-state index contributed by atoms with van der Waals surface area (Å²) >= 11 is 4.10. The van der Waals surface area contributed by atoms with Gasteiger partial charge < -0.3 is 15.5 Å². The van der Waals surface area contributed by atoms with Gasteiger partial charge in [-0.2, -0.15) is 12.6 Å². The number of rotatable bonds is 13. The number of carbonyl (C=O) groups is 4. The summed E-state index contributed by atoms with van der Waals surface area (Å²) in [6.45, 7) is 2.67. The third-order valence-corrected chi connectivity index (χ3v) is 4.62. The minimum atomic E-state index is -1.07. The van der Waals surface area contributed by atoms with Gasteiger partial charge in [0.15, 0.2) is 5.78 Å². The fourth-order valence-corrected chi connectivity index (χ4v) is 2.82. The Morgan fingerprint density at radius 1 is 0.966 bits per heavy atom. The molecule has 1 aromatic carbocycles. The second-order valence-corrected chi connectivity index (χ2v) is 7.03. The normalized spacial score (nSPS) is 13.9. The predicted molar refractivity (Wildman–Crippen MR) is 110 cm³/mol. The summed E-state index contributed by atoms with van der Waals surface area (Å²) in [5.74, 6) is -1.82. The van der Waals surface area contributed by atoms with E-state index in [9.17, 15) is 24.3 Å². The maximum Gasteiger partial charge on any atom is 0.303 e. The van der Waals surface area contributed by atoms with Crippen LogP contribution in [0.3, 0.4) is 0 Å². The van der Waals surface area contributed by atoms with Crippen molar-refractivity contribution in [2.75, 3.05) is 5.75 Å². The number of hydrogen-bond donors (Lipinski definition) is 6. The van der Waals surface area contributed by atoms with E-state index in [0.29, 0.717) is 0 Å². The summed E-state index contributed by atoms with van der Waals surface area (Å²) in [6.07, 6.45) is -0.0900. The Hall–Kier alpha value is -2.43. The van der Waals surface area contributed by atoms with Gasteiger partial charge >= 0.3 is 5.97 Å². The van der Waals surface area contributed by atoms with Crippen LogP contribution in [-0.4, -0.2) is 57.5 Å². The zero-order chi connectivity index (χ0) is 22.0. The summed E-state index contributed by atoms with van der Waals surface area (Å²) in [7, 11) is 0. The lowest BCUT2D eigenvalue weighted by atomic mass is 10.0. The maximum atomic E-state index is 12.8. The fourth-order valence-electron chi connectivity index (χ4n) is 2.47. The highest BCUT2D eigenvalue weighted by Gasteiger charge is 2.25. The van der Waals surface area contributed by atoms with E-state index in [-0.39, 0.29) is 42.3 Å². The van der Waals surface area contributed by atoms with Gasteiger partial charge in [0.25, 0.3) is 0 Å². The number of phenolic OH excluding ortho intramolecular Hbond substituents is 1. The van der Waals surface area contributed by atoms with Crippen LogP contribution in [0.4, 0.5) is 0 Å². The van der Waals surface area contributed by atoms with Crippen LogP contribution >= 0.6 is 12.6 Å². The third-order valence-electron chi connectivity index (χ3n) is 4.25. The van der Waals surface area contributed by atoms with Crippen LogP contribution in [0, 0.1) is 0 Å². The van der Waals surface area contributed by atoms with Crippen molar-refractivity contribution >= 4 is 36.1 Å². The molecule has 0 aliphatic heterocycles. The molecule has 0 aliphatic rings. The van der Waals surface area contributed by atoms with Crippen LogP contribution in [0.5, 0.6) is 5.75 Å². The molecule has 0 unspecified atom stereocenters. The van der Waals surface area contributed by atoms with Crippen molar-refractivity contribution in [1.82, 2.24) is 16.2 Å². The van der Waals surface area contributed by atoms with E-state index >= 15 is 0 Å². The van der Waals surface area contributed by atoms with E-state index in [2.05, 4.69) is 28.8 Å². The Morgan fingerprint density at radius 3 is 2.00 bits per heavy atom. The number of phenols is 1. The first-order chi connectivity index (χ1) is 13.6. The van der Waals surface area contributed by atoms with Crippen molar-refractivity contribution in [2.24, 2.45) is 0 Å². The summed E-state index contributed by atoms with van der Waals surface area (Å²) < 4.78 is 0. The molecule has 0 aromatic heterocycles. The molecule has 5 N–H and O–H groups in total. The summed E-state index contributed by atoms with van der Waals surface area (Å²) in [6, 6.07) is 3.83. The zero-order valence-corrected chi connectivity index (χ0v) is 17.2. The Kier molecular flexibility index (Phi) is 10.4. The Labute approximate surface area is 174 Å². The Balaban J connectivity index is 2.92. The van der Waals surface area contributed by atoms with Gasteiger partial charge in [0.2, 0.25) is 5.91 Å². The first-order valence-electron chi connectivity index (χ1n) is 9.07. The number of aromatic hydroxyl groups is 1. The number of benzene rings is 1. The van der Waals surface area contributed by atoms with Crippen LogP contribution < -0.4 is 16.2 Å². The van der Waals surface area contributed by atoms with Gasteiger partial charge in [0.05, 0.1) is 12.1 Å². The Bertz CT molecular complexity index is 725. The molecule has 3 atom stereocenters. The molecule has 0 fully saturated rings. The van der Waals surface area contributed by atoms with Crippen LogP contribution in [0.1, 0.15) is 32.3 Å². The fraction of sp³-hybridized carbons (Fsp3) is 0.474. The lowest BCUT2D eigenvalue weighted by Gasteiger charge is -2.24. The second kappa shape index (κ2) is 12.2. The average molecular weight is 426 g/mol. The Morgan fingerprint density at radius 2 is 1.52 bits per heavy atom. The number of ketones is 2. The van der Waals surface area contributed by atoms with Crippen molar-refractivity contribution in [1.29, 1.82) is 0 Å². The quantitative estimate of drug-likeness (QED) is 0.195. The lowest BCUT2D eigenvalue weighted by Crippen LogP contribution is -2.57. The monoisotopic (exact) mass is 425 g/mol. The molecule has 0 radical (unpaired) electrons. The molecule has 1 amide bonds. The van der Waals surface area contributed by atoms with Crippen molar-refractivity contribution in [3.63, 3.8) is 0 Å². The van der Waals surface area contributed by atoms with E-state index in [1.807, 2.05) is 0 Å². The molecule has 0 heterocycles. The van der Waals surface area contributed by atoms with Gasteiger partial charge in [-0.05, 0) is 44.4 Å². The topological polar surface area (TPSA) is 145 Å². The van der Waals surface area contributed by atoms with E-state index in [4.69, 9.17) is 5.11 Å². The molecule has 0 aliphatic carbocycles. The standard InChI is InChI=1S/C19H27N3O6S/c1-11(23)15(7-8-18(26)27)20-19(28)16(21-22-17(10-29)12(2)24)9-13-3-5-14(25)6-4-13/h3-6,15-17,21-22,25,29H,7-10H2,1-2H3,(H,20,28)(H,26,27)/t15-,16-,17-/m0/s1. The van der Waals surface area contributed by atoms with Crippen LogP contribution in [0.2, 0.25) is 0 Å². The van der Waals surface area contributed by atoms with Crippen molar-refractivity contribution < 1.29 is 29.4 Å².